The first kappa shape index (κ1) is 16.8. The minimum Gasteiger partial charge on any atom is -0.485 e. The van der Waals surface area contributed by atoms with Gasteiger partial charge in [0, 0.05) is 11.3 Å². The molecule has 2 aromatic carbocycles. The van der Waals surface area contributed by atoms with Gasteiger partial charge in [0.05, 0.1) is 17.7 Å². The number of benzene rings is 2. The number of anilines is 1. The normalized spacial score (nSPS) is 20.7. The topological polar surface area (TPSA) is 99.6 Å². The molecule has 1 heterocycles. The number of primary amides is 1. The van der Waals surface area contributed by atoms with E-state index in [1.807, 2.05) is 6.07 Å². The van der Waals surface area contributed by atoms with Gasteiger partial charge in [-0.3, -0.25) is 4.90 Å². The van der Waals surface area contributed by atoms with Crippen LogP contribution < -0.4 is 15.4 Å². The number of carbonyl (C=O) groups excluding carboxylic acids is 1. The van der Waals surface area contributed by atoms with E-state index in [0.717, 1.165) is 0 Å². The quantitative estimate of drug-likeness (QED) is 0.880. The molecule has 0 fully saturated rings. The molecule has 1 unspecified atom stereocenters. The second kappa shape index (κ2) is 6.11. The molecule has 0 bridgehead atoms. The van der Waals surface area contributed by atoms with Crippen LogP contribution in [0, 0.1) is 11.3 Å². The average Bonchev–Trinajstić information content (AvgIpc) is 2.59. The van der Waals surface area contributed by atoms with E-state index in [4.69, 9.17) is 10.5 Å². The lowest BCUT2D eigenvalue weighted by atomic mass is 9.84. The summed E-state index contributed by atoms with van der Waals surface area (Å²) in [5.74, 6) is 0.515. The lowest BCUT2D eigenvalue weighted by molar-refractivity contribution is -0.0571. The number of hydrogen-bond donors (Lipinski definition) is 2. The fourth-order valence-corrected chi connectivity index (χ4v) is 3.13. The van der Waals surface area contributed by atoms with Crippen molar-refractivity contribution >= 4 is 11.7 Å². The molecule has 128 valence electrons. The highest BCUT2D eigenvalue weighted by Gasteiger charge is 2.47. The molecule has 3 N–H and O–H groups in total. The van der Waals surface area contributed by atoms with Crippen LogP contribution >= 0.6 is 0 Å². The molecule has 2 aromatic rings. The van der Waals surface area contributed by atoms with Gasteiger partial charge in [-0.15, -0.1) is 0 Å². The first-order valence-electron chi connectivity index (χ1n) is 7.90. The SMILES string of the molecule is CC1(C)Oc2ccc(C#N)cc2C(N(C(N)=O)c2ccccc2)[C@@H]1O. The molecule has 0 saturated heterocycles. The first-order valence-corrected chi connectivity index (χ1v) is 7.90. The number of aliphatic hydroxyl groups excluding tert-OH is 1. The predicted octanol–water partition coefficient (Wildman–Crippen LogP) is 2.72. The van der Waals surface area contributed by atoms with Crippen LogP contribution in [0.5, 0.6) is 5.75 Å². The van der Waals surface area contributed by atoms with Crippen LogP contribution in [-0.4, -0.2) is 22.8 Å². The molecule has 0 saturated carbocycles. The third-order valence-corrected chi connectivity index (χ3v) is 4.39. The number of ether oxygens (including phenoxy) is 1. The van der Waals surface area contributed by atoms with Gasteiger partial charge in [-0.1, -0.05) is 18.2 Å². The van der Waals surface area contributed by atoms with Crippen molar-refractivity contribution in [3.8, 4) is 11.8 Å². The minimum atomic E-state index is -1.04. The van der Waals surface area contributed by atoms with Crippen LogP contribution in [0.4, 0.5) is 10.5 Å². The highest BCUT2D eigenvalue weighted by atomic mass is 16.5. The lowest BCUT2D eigenvalue weighted by Gasteiger charge is -2.45. The lowest BCUT2D eigenvalue weighted by Crippen LogP contribution is -2.55. The van der Waals surface area contributed by atoms with E-state index in [0.29, 0.717) is 22.6 Å². The van der Waals surface area contributed by atoms with E-state index in [1.165, 1.54) is 4.90 Å². The molecule has 1 aliphatic rings. The summed E-state index contributed by atoms with van der Waals surface area (Å²) in [7, 11) is 0. The Morgan fingerprint density at radius 3 is 2.56 bits per heavy atom. The summed E-state index contributed by atoms with van der Waals surface area (Å²) in [5, 5.41) is 20.1. The molecule has 6 nitrogen and oxygen atoms in total. The third kappa shape index (κ3) is 2.90. The summed E-state index contributed by atoms with van der Waals surface area (Å²) in [5.41, 5.74) is 6.24. The Morgan fingerprint density at radius 2 is 1.96 bits per heavy atom. The fraction of sp³-hybridized carbons (Fsp3) is 0.263. The monoisotopic (exact) mass is 337 g/mol. The van der Waals surface area contributed by atoms with Gasteiger partial charge in [0.25, 0.3) is 0 Å². The van der Waals surface area contributed by atoms with Crippen molar-refractivity contribution in [2.45, 2.75) is 31.6 Å². The van der Waals surface area contributed by atoms with E-state index in [1.54, 1.807) is 56.3 Å². The predicted molar refractivity (Wildman–Crippen MR) is 93.1 cm³/mol. The summed E-state index contributed by atoms with van der Waals surface area (Å²) in [6.45, 7) is 3.49. The number of rotatable bonds is 2. The van der Waals surface area contributed by atoms with Gasteiger partial charge in [0.2, 0.25) is 0 Å². The van der Waals surface area contributed by atoms with Crippen molar-refractivity contribution in [1.82, 2.24) is 0 Å². The Balaban J connectivity index is 2.21. The molecule has 2 amide bonds. The maximum absolute atomic E-state index is 12.3. The van der Waals surface area contributed by atoms with Gasteiger partial charge >= 0.3 is 6.03 Å². The number of fused-ring (bicyclic) bond motifs is 1. The second-order valence-electron chi connectivity index (χ2n) is 6.50. The zero-order valence-electron chi connectivity index (χ0n) is 14.0. The molecule has 1 aliphatic heterocycles. The van der Waals surface area contributed by atoms with E-state index in [2.05, 4.69) is 6.07 Å². The highest BCUT2D eigenvalue weighted by Crippen LogP contribution is 2.44. The maximum Gasteiger partial charge on any atom is 0.319 e. The molecule has 25 heavy (non-hydrogen) atoms. The van der Waals surface area contributed by atoms with Crippen molar-refractivity contribution in [3.05, 3.63) is 59.7 Å². The summed E-state index contributed by atoms with van der Waals surface area (Å²) in [6.07, 6.45) is -1.04. The number of carbonyl (C=O) groups is 1. The van der Waals surface area contributed by atoms with E-state index in [9.17, 15) is 15.2 Å². The van der Waals surface area contributed by atoms with Crippen molar-refractivity contribution < 1.29 is 14.6 Å². The average molecular weight is 337 g/mol. The molecule has 0 aromatic heterocycles. The molecular weight excluding hydrogens is 318 g/mol. The van der Waals surface area contributed by atoms with Crippen molar-refractivity contribution in [3.63, 3.8) is 0 Å². The molecule has 6 heteroatoms. The van der Waals surface area contributed by atoms with Gasteiger partial charge < -0.3 is 15.6 Å². The van der Waals surface area contributed by atoms with Crippen LogP contribution in [0.3, 0.4) is 0 Å². The first-order chi connectivity index (χ1) is 11.8. The van der Waals surface area contributed by atoms with Gasteiger partial charge in [-0.25, -0.2) is 4.79 Å². The number of aliphatic hydroxyl groups is 1. The number of nitrogens with zero attached hydrogens (tertiary/aromatic N) is 2. The number of nitrogens with two attached hydrogens (primary N) is 1. The van der Waals surface area contributed by atoms with Crippen LogP contribution in [0.15, 0.2) is 48.5 Å². The summed E-state index contributed by atoms with van der Waals surface area (Å²) >= 11 is 0. The smallest absolute Gasteiger partial charge is 0.319 e. The van der Waals surface area contributed by atoms with Gasteiger partial charge in [0.1, 0.15) is 17.5 Å². The van der Waals surface area contributed by atoms with Gasteiger partial charge in [-0.05, 0) is 44.2 Å². The highest BCUT2D eigenvalue weighted by molar-refractivity contribution is 5.92. The Morgan fingerprint density at radius 1 is 1.28 bits per heavy atom. The molecule has 0 spiro atoms. The number of nitriles is 1. The van der Waals surface area contributed by atoms with Crippen molar-refractivity contribution in [1.29, 1.82) is 5.26 Å². The summed E-state index contributed by atoms with van der Waals surface area (Å²) in [4.78, 5) is 13.6. The van der Waals surface area contributed by atoms with E-state index in [-0.39, 0.29) is 0 Å². The largest absolute Gasteiger partial charge is 0.485 e. The number of hydrogen-bond acceptors (Lipinski definition) is 4. The molecule has 0 radical (unpaired) electrons. The Hall–Kier alpha value is -3.04. The van der Waals surface area contributed by atoms with Crippen LogP contribution in [0.1, 0.15) is 31.0 Å². The Labute approximate surface area is 146 Å². The number of amides is 2. The van der Waals surface area contributed by atoms with Gasteiger partial charge in [0.15, 0.2) is 0 Å². The third-order valence-electron chi connectivity index (χ3n) is 4.39. The van der Waals surface area contributed by atoms with Crippen LogP contribution in [0.2, 0.25) is 0 Å². The Bertz CT molecular complexity index is 843. The Kier molecular flexibility index (Phi) is 4.11. The van der Waals surface area contributed by atoms with Crippen molar-refractivity contribution in [2.24, 2.45) is 5.73 Å². The van der Waals surface area contributed by atoms with E-state index < -0.39 is 23.8 Å². The minimum absolute atomic E-state index is 0.414. The maximum atomic E-state index is 12.3. The van der Waals surface area contributed by atoms with Gasteiger partial charge in [-0.2, -0.15) is 5.26 Å². The fourth-order valence-electron chi connectivity index (χ4n) is 3.13. The standard InChI is InChI=1S/C19H19N3O3/c1-19(2)17(23)16(14-10-12(11-20)8-9-15(14)25-19)22(18(21)24)13-6-4-3-5-7-13/h3-10,16-17,23H,1-2H3,(H2,21,24)/t16?,17-/m0/s1. The molecule has 2 atom stereocenters. The summed E-state index contributed by atoms with van der Waals surface area (Å²) in [6, 6.07) is 14.4. The van der Waals surface area contributed by atoms with Crippen LogP contribution in [-0.2, 0) is 0 Å². The number of urea groups is 1. The van der Waals surface area contributed by atoms with Crippen molar-refractivity contribution in [2.75, 3.05) is 4.90 Å². The molecule has 3 rings (SSSR count). The number of para-hydroxylation sites is 1. The van der Waals surface area contributed by atoms with E-state index >= 15 is 0 Å². The zero-order chi connectivity index (χ0) is 18.2. The van der Waals surface area contributed by atoms with Crippen LogP contribution in [0.25, 0.3) is 0 Å². The second-order valence-corrected chi connectivity index (χ2v) is 6.50. The zero-order valence-corrected chi connectivity index (χ0v) is 14.0. The summed E-state index contributed by atoms with van der Waals surface area (Å²) < 4.78 is 5.89. The molecule has 0 aliphatic carbocycles. The molecular formula is C19H19N3O3.